The second-order valence-electron chi connectivity index (χ2n) is 4.90. The van der Waals surface area contributed by atoms with Crippen LogP contribution >= 0.6 is 23.2 Å². The highest BCUT2D eigenvalue weighted by Gasteiger charge is 2.18. The summed E-state index contributed by atoms with van der Waals surface area (Å²) in [5.74, 6) is -0.934. The van der Waals surface area contributed by atoms with E-state index >= 15 is 0 Å². The zero-order valence-corrected chi connectivity index (χ0v) is 13.9. The summed E-state index contributed by atoms with van der Waals surface area (Å²) in [6.45, 7) is 1.51. The van der Waals surface area contributed by atoms with E-state index in [2.05, 4.69) is 5.32 Å². The molecule has 2 rings (SSSR count). The number of carbonyl (C=O) groups is 2. The van der Waals surface area contributed by atoms with Crippen molar-refractivity contribution >= 4 is 40.8 Å². The van der Waals surface area contributed by atoms with E-state index in [9.17, 15) is 9.59 Å². The van der Waals surface area contributed by atoms with Gasteiger partial charge in [0.2, 0.25) is 0 Å². The molecule has 0 aliphatic heterocycles. The van der Waals surface area contributed by atoms with Crippen LogP contribution in [0.15, 0.2) is 48.5 Å². The lowest BCUT2D eigenvalue weighted by Crippen LogP contribution is -2.30. The van der Waals surface area contributed by atoms with Crippen LogP contribution in [0.25, 0.3) is 0 Å². The molecule has 2 aromatic rings. The molecule has 1 atom stereocenters. The van der Waals surface area contributed by atoms with Gasteiger partial charge in [0.1, 0.15) is 0 Å². The standard InChI is InChI=1S/C17H15Cl2NO3/c1-11(17(22)20-14-5-3-2-4-6-14)23-16(21)9-12-7-8-13(18)10-15(12)19/h2-8,10-11H,9H2,1H3,(H,20,22)/t11-/m1/s1. The molecule has 120 valence electrons. The number of carbonyl (C=O) groups excluding carboxylic acids is 2. The molecule has 0 saturated carbocycles. The Kier molecular flexibility index (Phi) is 6.02. The van der Waals surface area contributed by atoms with Gasteiger partial charge in [-0.15, -0.1) is 0 Å². The molecule has 0 unspecified atom stereocenters. The lowest BCUT2D eigenvalue weighted by Gasteiger charge is -2.14. The van der Waals surface area contributed by atoms with Crippen molar-refractivity contribution in [2.24, 2.45) is 0 Å². The molecule has 0 heterocycles. The van der Waals surface area contributed by atoms with Gasteiger partial charge in [-0.25, -0.2) is 0 Å². The van der Waals surface area contributed by atoms with E-state index in [1.807, 2.05) is 6.07 Å². The van der Waals surface area contributed by atoms with Gasteiger partial charge in [-0.3, -0.25) is 9.59 Å². The number of ether oxygens (including phenoxy) is 1. The number of rotatable bonds is 5. The summed E-state index contributed by atoms with van der Waals surface area (Å²) < 4.78 is 5.13. The van der Waals surface area contributed by atoms with Crippen molar-refractivity contribution in [3.05, 3.63) is 64.1 Å². The second-order valence-corrected chi connectivity index (χ2v) is 5.74. The van der Waals surface area contributed by atoms with Crippen molar-refractivity contribution in [1.29, 1.82) is 0 Å². The van der Waals surface area contributed by atoms with Crippen LogP contribution in [0.2, 0.25) is 10.0 Å². The Morgan fingerprint density at radius 2 is 1.83 bits per heavy atom. The zero-order chi connectivity index (χ0) is 16.8. The van der Waals surface area contributed by atoms with E-state index in [1.165, 1.54) is 6.92 Å². The number of esters is 1. The summed E-state index contributed by atoms with van der Waals surface area (Å²) in [6.07, 6.45) is -0.937. The Morgan fingerprint density at radius 1 is 1.13 bits per heavy atom. The number of benzene rings is 2. The molecule has 0 radical (unpaired) electrons. The van der Waals surface area contributed by atoms with Crippen LogP contribution in [0.4, 0.5) is 5.69 Å². The quantitative estimate of drug-likeness (QED) is 0.824. The maximum atomic E-state index is 12.0. The molecule has 1 N–H and O–H groups in total. The first-order chi connectivity index (χ1) is 11.0. The summed E-state index contributed by atoms with van der Waals surface area (Å²) in [6, 6.07) is 13.8. The fraction of sp³-hybridized carbons (Fsp3) is 0.176. The molecule has 0 aliphatic carbocycles. The summed E-state index contributed by atoms with van der Waals surface area (Å²) in [4.78, 5) is 23.9. The van der Waals surface area contributed by atoms with Crippen LogP contribution in [-0.2, 0) is 20.7 Å². The lowest BCUT2D eigenvalue weighted by molar-refractivity contribution is -0.152. The molecule has 0 spiro atoms. The SMILES string of the molecule is C[C@@H](OC(=O)Cc1ccc(Cl)cc1Cl)C(=O)Nc1ccccc1. The molecule has 0 aromatic heterocycles. The topological polar surface area (TPSA) is 55.4 Å². The normalized spacial score (nSPS) is 11.6. The molecule has 0 bridgehead atoms. The molecule has 0 saturated heterocycles. The molecule has 23 heavy (non-hydrogen) atoms. The summed E-state index contributed by atoms with van der Waals surface area (Å²) >= 11 is 11.8. The van der Waals surface area contributed by atoms with E-state index in [0.717, 1.165) is 0 Å². The fourth-order valence-corrected chi connectivity index (χ4v) is 2.35. The number of para-hydroxylation sites is 1. The van der Waals surface area contributed by atoms with E-state index in [-0.39, 0.29) is 6.42 Å². The molecule has 4 nitrogen and oxygen atoms in total. The molecule has 0 fully saturated rings. The predicted molar refractivity (Wildman–Crippen MR) is 90.8 cm³/mol. The number of hydrogen-bond donors (Lipinski definition) is 1. The minimum Gasteiger partial charge on any atom is -0.452 e. The third kappa shape index (κ3) is 5.27. The molecule has 2 aromatic carbocycles. The predicted octanol–water partition coefficient (Wildman–Crippen LogP) is 4.11. The van der Waals surface area contributed by atoms with Gasteiger partial charge in [-0.1, -0.05) is 47.5 Å². The largest absolute Gasteiger partial charge is 0.452 e. The van der Waals surface area contributed by atoms with Gasteiger partial charge in [0, 0.05) is 15.7 Å². The fourth-order valence-electron chi connectivity index (χ4n) is 1.88. The minimum absolute atomic E-state index is 0.0288. The molecular weight excluding hydrogens is 337 g/mol. The molecular formula is C17H15Cl2NO3. The average Bonchev–Trinajstić information content (AvgIpc) is 2.51. The zero-order valence-electron chi connectivity index (χ0n) is 12.4. The number of anilines is 1. The Hall–Kier alpha value is -2.04. The number of nitrogens with one attached hydrogen (secondary N) is 1. The maximum absolute atomic E-state index is 12.0. The Bertz CT molecular complexity index is 704. The van der Waals surface area contributed by atoms with Gasteiger partial charge in [0.25, 0.3) is 5.91 Å². The van der Waals surface area contributed by atoms with Crippen molar-refractivity contribution in [3.8, 4) is 0 Å². The van der Waals surface area contributed by atoms with Gasteiger partial charge in [-0.05, 0) is 36.8 Å². The minimum atomic E-state index is -0.909. The first kappa shape index (κ1) is 17.3. The number of hydrogen-bond acceptors (Lipinski definition) is 3. The van der Waals surface area contributed by atoms with E-state index < -0.39 is 18.0 Å². The Labute approximate surface area is 144 Å². The van der Waals surface area contributed by atoms with Crippen molar-refractivity contribution in [1.82, 2.24) is 0 Å². The van der Waals surface area contributed by atoms with Crippen molar-refractivity contribution in [2.75, 3.05) is 5.32 Å². The van der Waals surface area contributed by atoms with Crippen LogP contribution in [0.5, 0.6) is 0 Å². The van der Waals surface area contributed by atoms with Crippen molar-refractivity contribution in [2.45, 2.75) is 19.4 Å². The molecule has 1 amide bonds. The molecule has 0 aliphatic rings. The van der Waals surface area contributed by atoms with Crippen LogP contribution in [0.3, 0.4) is 0 Å². The Balaban J connectivity index is 1.90. The van der Waals surface area contributed by atoms with Crippen LogP contribution in [0, 0.1) is 0 Å². The lowest BCUT2D eigenvalue weighted by atomic mass is 10.1. The van der Waals surface area contributed by atoms with Gasteiger partial charge in [0.15, 0.2) is 6.10 Å². The van der Waals surface area contributed by atoms with Crippen LogP contribution in [0.1, 0.15) is 12.5 Å². The highest BCUT2D eigenvalue weighted by Crippen LogP contribution is 2.21. The van der Waals surface area contributed by atoms with E-state index in [4.69, 9.17) is 27.9 Å². The Morgan fingerprint density at radius 3 is 2.48 bits per heavy atom. The first-order valence-electron chi connectivity index (χ1n) is 6.95. The third-order valence-corrected chi connectivity index (χ3v) is 3.66. The summed E-state index contributed by atoms with van der Waals surface area (Å²) in [5, 5.41) is 3.54. The van der Waals surface area contributed by atoms with E-state index in [1.54, 1.807) is 42.5 Å². The van der Waals surface area contributed by atoms with Gasteiger partial charge in [0.05, 0.1) is 6.42 Å². The van der Waals surface area contributed by atoms with Crippen molar-refractivity contribution in [3.63, 3.8) is 0 Å². The summed E-state index contributed by atoms with van der Waals surface area (Å²) in [5.41, 5.74) is 1.23. The smallest absolute Gasteiger partial charge is 0.311 e. The number of halogens is 2. The number of amides is 1. The van der Waals surface area contributed by atoms with Gasteiger partial charge in [-0.2, -0.15) is 0 Å². The third-order valence-electron chi connectivity index (χ3n) is 3.07. The van der Waals surface area contributed by atoms with E-state index in [0.29, 0.717) is 21.3 Å². The summed E-state index contributed by atoms with van der Waals surface area (Å²) in [7, 11) is 0. The van der Waals surface area contributed by atoms with Crippen LogP contribution in [-0.4, -0.2) is 18.0 Å². The second kappa shape index (κ2) is 7.99. The maximum Gasteiger partial charge on any atom is 0.311 e. The van der Waals surface area contributed by atoms with Crippen LogP contribution < -0.4 is 5.32 Å². The molecule has 6 heteroatoms. The van der Waals surface area contributed by atoms with Gasteiger partial charge < -0.3 is 10.1 Å². The average molecular weight is 352 g/mol. The van der Waals surface area contributed by atoms with Gasteiger partial charge >= 0.3 is 5.97 Å². The highest BCUT2D eigenvalue weighted by molar-refractivity contribution is 6.35. The van der Waals surface area contributed by atoms with Crippen molar-refractivity contribution < 1.29 is 14.3 Å². The first-order valence-corrected chi connectivity index (χ1v) is 7.70. The highest BCUT2D eigenvalue weighted by atomic mass is 35.5. The monoisotopic (exact) mass is 351 g/mol.